The van der Waals surface area contributed by atoms with E-state index in [0.717, 1.165) is 0 Å². The van der Waals surface area contributed by atoms with Crippen LogP contribution in [-0.2, 0) is 0 Å². The summed E-state index contributed by atoms with van der Waals surface area (Å²) in [6, 6.07) is 6.96. The van der Waals surface area contributed by atoms with E-state index in [4.69, 9.17) is 0 Å². The van der Waals surface area contributed by atoms with Crippen LogP contribution in [-0.4, -0.2) is 0 Å². The van der Waals surface area contributed by atoms with Crippen molar-refractivity contribution < 1.29 is 9.47 Å². The van der Waals surface area contributed by atoms with Crippen molar-refractivity contribution in [2.45, 2.75) is 19.8 Å². The van der Waals surface area contributed by atoms with Gasteiger partial charge in [0.2, 0.25) is 0 Å². The Bertz CT molecular complexity index is 216. The summed E-state index contributed by atoms with van der Waals surface area (Å²) in [5.74, 6) is 0.734. The molecular weight excluding hydrogens is 143 g/mol. The van der Waals surface area contributed by atoms with E-state index in [1.807, 2.05) is 12.1 Å². The van der Waals surface area contributed by atoms with Gasteiger partial charge in [-0.1, -0.05) is 26.0 Å². The maximum absolute atomic E-state index is 11.6. The molecule has 1 nitrogen and oxygen atoms in total. The summed E-state index contributed by atoms with van der Waals surface area (Å²) >= 11 is 0. The smallest absolute Gasteiger partial charge is 0.171 e. The average Bonchev–Trinajstić information content (AvgIpc) is 2.05. The Morgan fingerprint density at radius 3 is 2.09 bits per heavy atom. The third-order valence-electron chi connectivity index (χ3n) is 1.64. The molecule has 0 fully saturated rings. The van der Waals surface area contributed by atoms with Gasteiger partial charge in [0, 0.05) is 4.53 Å². The molecule has 0 spiro atoms. The first kappa shape index (κ1) is 8.05. The van der Waals surface area contributed by atoms with Crippen molar-refractivity contribution in [3.05, 3.63) is 29.8 Å². The Hall–Kier alpha value is -1.05. The number of hydrogen-bond acceptors (Lipinski definition) is 1. The molecule has 0 N–H and O–H groups in total. The molecule has 60 valence electrons. The lowest BCUT2D eigenvalue weighted by Crippen LogP contribution is -1.85. The molecule has 1 aromatic rings. The molecule has 0 aliphatic carbocycles. The van der Waals surface area contributed by atoms with Gasteiger partial charge in [-0.05, 0) is 23.6 Å². The zero-order valence-corrected chi connectivity index (χ0v) is 6.67. The van der Waals surface area contributed by atoms with Crippen molar-refractivity contribution in [2.24, 2.45) is 0 Å². The Labute approximate surface area is 65.7 Å². The summed E-state index contributed by atoms with van der Waals surface area (Å²) in [6.45, 7) is 4.18. The van der Waals surface area contributed by atoms with Gasteiger partial charge in [0.25, 0.3) is 0 Å². The molecular formula is C9H11FO. The van der Waals surface area contributed by atoms with Crippen molar-refractivity contribution >= 4 is 0 Å². The molecule has 0 aliphatic heterocycles. The Balaban J connectivity index is 2.83. The van der Waals surface area contributed by atoms with Crippen LogP contribution in [0.4, 0.5) is 4.53 Å². The predicted molar refractivity (Wildman–Crippen MR) is 42.3 cm³/mol. The van der Waals surface area contributed by atoms with Crippen LogP contribution < -0.4 is 4.94 Å². The first-order valence-electron chi connectivity index (χ1n) is 3.62. The van der Waals surface area contributed by atoms with E-state index < -0.39 is 0 Å². The second kappa shape index (κ2) is 3.37. The van der Waals surface area contributed by atoms with E-state index in [1.54, 1.807) is 12.1 Å². The second-order valence-electron chi connectivity index (χ2n) is 2.80. The van der Waals surface area contributed by atoms with E-state index in [9.17, 15) is 4.53 Å². The van der Waals surface area contributed by atoms with Gasteiger partial charge in [0.15, 0.2) is 5.75 Å². The highest BCUT2D eigenvalue weighted by atomic mass is 19.3. The second-order valence-corrected chi connectivity index (χ2v) is 2.80. The van der Waals surface area contributed by atoms with Gasteiger partial charge in [0.1, 0.15) is 0 Å². The zero-order valence-electron chi connectivity index (χ0n) is 6.67. The van der Waals surface area contributed by atoms with Crippen LogP contribution in [0.3, 0.4) is 0 Å². The normalized spacial score (nSPS) is 10.2. The average molecular weight is 154 g/mol. The third kappa shape index (κ3) is 1.93. The van der Waals surface area contributed by atoms with Crippen LogP contribution in [0.25, 0.3) is 0 Å². The van der Waals surface area contributed by atoms with Gasteiger partial charge in [-0.2, -0.15) is 0 Å². The van der Waals surface area contributed by atoms with E-state index >= 15 is 0 Å². The van der Waals surface area contributed by atoms with Gasteiger partial charge in [-0.15, -0.1) is 0 Å². The summed E-state index contributed by atoms with van der Waals surface area (Å²) in [6.07, 6.45) is 0. The van der Waals surface area contributed by atoms with E-state index in [-0.39, 0.29) is 5.75 Å². The van der Waals surface area contributed by atoms with E-state index in [1.165, 1.54) is 5.56 Å². The Morgan fingerprint density at radius 1 is 1.18 bits per heavy atom. The molecule has 0 heterocycles. The fourth-order valence-corrected chi connectivity index (χ4v) is 0.904. The molecule has 0 saturated heterocycles. The lowest BCUT2D eigenvalue weighted by molar-refractivity contribution is -0.00622. The van der Waals surface area contributed by atoms with Crippen molar-refractivity contribution in [3.63, 3.8) is 0 Å². The Kier molecular flexibility index (Phi) is 2.47. The van der Waals surface area contributed by atoms with Crippen molar-refractivity contribution in [1.82, 2.24) is 0 Å². The van der Waals surface area contributed by atoms with Crippen LogP contribution >= 0.6 is 0 Å². The largest absolute Gasteiger partial charge is 0.294 e. The molecule has 11 heavy (non-hydrogen) atoms. The molecule has 2 heteroatoms. The summed E-state index contributed by atoms with van der Waals surface area (Å²) in [5, 5.41) is 0. The molecule has 0 amide bonds. The lowest BCUT2D eigenvalue weighted by atomic mass is 10.0. The molecule has 0 aliphatic rings. The molecule has 0 saturated carbocycles. The highest BCUT2D eigenvalue weighted by Gasteiger charge is 1.98. The molecule has 0 atom stereocenters. The van der Waals surface area contributed by atoms with E-state index in [0.29, 0.717) is 5.92 Å². The van der Waals surface area contributed by atoms with Gasteiger partial charge >= 0.3 is 0 Å². The molecule has 0 aromatic heterocycles. The zero-order chi connectivity index (χ0) is 8.27. The molecule has 0 unspecified atom stereocenters. The first-order valence-corrected chi connectivity index (χ1v) is 3.62. The lowest BCUT2D eigenvalue weighted by Gasteiger charge is -2.03. The summed E-state index contributed by atoms with van der Waals surface area (Å²) in [7, 11) is 0. The van der Waals surface area contributed by atoms with Crippen LogP contribution in [0.5, 0.6) is 5.75 Å². The van der Waals surface area contributed by atoms with E-state index in [2.05, 4.69) is 18.8 Å². The van der Waals surface area contributed by atoms with Crippen LogP contribution in [0.2, 0.25) is 0 Å². The standard InChI is InChI=1S/C9H11FO/c1-7(2)8-3-5-9(11-10)6-4-8/h3-7H,1-2H3. The minimum absolute atomic E-state index is 0.259. The van der Waals surface area contributed by atoms with Crippen LogP contribution in [0.15, 0.2) is 24.3 Å². The molecule has 0 bridgehead atoms. The molecule has 1 aromatic carbocycles. The highest BCUT2D eigenvalue weighted by Crippen LogP contribution is 2.18. The van der Waals surface area contributed by atoms with Crippen LogP contribution in [0, 0.1) is 0 Å². The topological polar surface area (TPSA) is 9.23 Å². The minimum atomic E-state index is 0.259. The number of hydrogen-bond donors (Lipinski definition) is 0. The van der Waals surface area contributed by atoms with Gasteiger partial charge < -0.3 is 0 Å². The third-order valence-corrected chi connectivity index (χ3v) is 1.64. The summed E-state index contributed by atoms with van der Waals surface area (Å²) in [5.41, 5.74) is 1.19. The quantitative estimate of drug-likeness (QED) is 0.636. The maximum atomic E-state index is 11.6. The number of halogens is 1. The summed E-state index contributed by atoms with van der Waals surface area (Å²) < 4.78 is 11.6. The maximum Gasteiger partial charge on any atom is 0.171 e. The molecule has 1 rings (SSSR count). The minimum Gasteiger partial charge on any atom is -0.294 e. The first-order chi connectivity index (χ1) is 5.24. The van der Waals surface area contributed by atoms with Crippen molar-refractivity contribution in [1.29, 1.82) is 0 Å². The van der Waals surface area contributed by atoms with Gasteiger partial charge in [0.05, 0.1) is 0 Å². The molecule has 0 radical (unpaired) electrons. The fraction of sp³-hybridized carbons (Fsp3) is 0.333. The van der Waals surface area contributed by atoms with Crippen molar-refractivity contribution in [2.75, 3.05) is 0 Å². The Morgan fingerprint density at radius 2 is 1.73 bits per heavy atom. The number of benzene rings is 1. The van der Waals surface area contributed by atoms with Gasteiger partial charge in [-0.3, -0.25) is 4.94 Å². The monoisotopic (exact) mass is 154 g/mol. The van der Waals surface area contributed by atoms with Crippen LogP contribution in [0.1, 0.15) is 25.3 Å². The SMILES string of the molecule is CC(C)c1ccc(OF)cc1. The number of rotatable bonds is 2. The predicted octanol–water partition coefficient (Wildman–Crippen LogP) is 3.07. The summed E-state index contributed by atoms with van der Waals surface area (Å²) in [4.78, 5) is 3.55. The van der Waals surface area contributed by atoms with Gasteiger partial charge in [-0.25, -0.2) is 0 Å². The fourth-order valence-electron chi connectivity index (χ4n) is 0.904. The van der Waals surface area contributed by atoms with Crippen molar-refractivity contribution in [3.8, 4) is 5.75 Å². The highest BCUT2D eigenvalue weighted by molar-refractivity contribution is 5.28.